The highest BCUT2D eigenvalue weighted by molar-refractivity contribution is 5.85. The van der Waals surface area contributed by atoms with E-state index in [9.17, 15) is 9.18 Å². The van der Waals surface area contributed by atoms with Crippen molar-refractivity contribution >= 4 is 5.97 Å². The maximum absolute atomic E-state index is 12.5. The predicted octanol–water partition coefficient (Wildman–Crippen LogP) is 0.186. The molecule has 0 spiro atoms. The molecule has 12 heavy (non-hydrogen) atoms. The van der Waals surface area contributed by atoms with E-state index in [2.05, 4.69) is 9.97 Å². The molecule has 0 radical (unpaired) electrons. The first-order chi connectivity index (χ1) is 5.65. The SMILES string of the molecule is N#Cc1cnc(F)c(C(=O)O)n1. The summed E-state index contributed by atoms with van der Waals surface area (Å²) in [5.74, 6) is -2.74. The second-order valence-electron chi connectivity index (χ2n) is 1.81. The molecule has 1 heterocycles. The Bertz CT molecular complexity index is 372. The molecular formula is C6H2FN3O2. The molecule has 1 aromatic heterocycles. The van der Waals surface area contributed by atoms with E-state index in [1.165, 1.54) is 0 Å². The lowest BCUT2D eigenvalue weighted by atomic mass is 10.4. The van der Waals surface area contributed by atoms with E-state index in [1.54, 1.807) is 6.07 Å². The Balaban J connectivity index is 3.28. The number of halogens is 1. The number of carboxylic acid groups (broad SMARTS) is 1. The van der Waals surface area contributed by atoms with Gasteiger partial charge in [-0.05, 0) is 0 Å². The van der Waals surface area contributed by atoms with Crippen LogP contribution in [0, 0.1) is 17.3 Å². The molecule has 1 rings (SSSR count). The standard InChI is InChI=1S/C6H2FN3O2/c7-5-4(6(11)12)10-3(1-8)2-9-5/h2H,(H,11,12). The minimum Gasteiger partial charge on any atom is -0.476 e. The van der Waals surface area contributed by atoms with Crippen LogP contribution in [0.2, 0.25) is 0 Å². The van der Waals surface area contributed by atoms with Crippen LogP contribution in [0.5, 0.6) is 0 Å². The van der Waals surface area contributed by atoms with Crippen molar-refractivity contribution in [3.8, 4) is 6.07 Å². The summed E-state index contributed by atoms with van der Waals surface area (Å²) >= 11 is 0. The van der Waals surface area contributed by atoms with Gasteiger partial charge in [0, 0.05) is 0 Å². The summed E-state index contributed by atoms with van der Waals surface area (Å²) in [6.45, 7) is 0. The third-order valence-electron chi connectivity index (χ3n) is 1.04. The largest absolute Gasteiger partial charge is 0.476 e. The smallest absolute Gasteiger partial charge is 0.359 e. The summed E-state index contributed by atoms with van der Waals surface area (Å²) < 4.78 is 12.5. The summed E-state index contributed by atoms with van der Waals surface area (Å²) in [7, 11) is 0. The molecular weight excluding hydrogens is 165 g/mol. The molecule has 60 valence electrons. The zero-order valence-electron chi connectivity index (χ0n) is 5.65. The van der Waals surface area contributed by atoms with Crippen LogP contribution in [0.4, 0.5) is 4.39 Å². The first-order valence-electron chi connectivity index (χ1n) is 2.81. The summed E-state index contributed by atoms with van der Waals surface area (Å²) in [5.41, 5.74) is -1.07. The molecule has 0 amide bonds. The molecule has 1 N–H and O–H groups in total. The Labute approximate surface area is 66.1 Å². The molecule has 0 atom stereocenters. The van der Waals surface area contributed by atoms with E-state index in [0.717, 1.165) is 6.20 Å². The first kappa shape index (κ1) is 8.07. The molecule has 0 saturated heterocycles. The zero-order chi connectivity index (χ0) is 9.14. The van der Waals surface area contributed by atoms with Crippen molar-refractivity contribution in [2.75, 3.05) is 0 Å². The number of hydrogen-bond acceptors (Lipinski definition) is 4. The number of rotatable bonds is 1. The molecule has 0 aromatic carbocycles. The van der Waals surface area contributed by atoms with Gasteiger partial charge >= 0.3 is 5.97 Å². The minimum absolute atomic E-state index is 0.228. The lowest BCUT2D eigenvalue weighted by Crippen LogP contribution is -2.07. The summed E-state index contributed by atoms with van der Waals surface area (Å²) in [4.78, 5) is 16.5. The number of nitriles is 1. The lowest BCUT2D eigenvalue weighted by molar-refractivity contribution is 0.0683. The maximum Gasteiger partial charge on any atom is 0.359 e. The van der Waals surface area contributed by atoms with Gasteiger partial charge in [-0.1, -0.05) is 0 Å². The lowest BCUT2D eigenvalue weighted by Gasteiger charge is -1.93. The van der Waals surface area contributed by atoms with Gasteiger partial charge in [0.15, 0.2) is 5.69 Å². The Morgan fingerprint density at radius 3 is 2.92 bits per heavy atom. The van der Waals surface area contributed by atoms with E-state index >= 15 is 0 Å². The number of aromatic carboxylic acids is 1. The Morgan fingerprint density at radius 1 is 1.75 bits per heavy atom. The van der Waals surface area contributed by atoms with E-state index in [1.807, 2.05) is 0 Å². The maximum atomic E-state index is 12.5. The van der Waals surface area contributed by atoms with Gasteiger partial charge in [-0.2, -0.15) is 9.65 Å². The summed E-state index contributed by atoms with van der Waals surface area (Å²) in [5, 5.41) is 16.6. The van der Waals surface area contributed by atoms with E-state index in [4.69, 9.17) is 10.4 Å². The van der Waals surface area contributed by atoms with Crippen molar-refractivity contribution in [2.24, 2.45) is 0 Å². The van der Waals surface area contributed by atoms with Crippen LogP contribution in [-0.4, -0.2) is 21.0 Å². The van der Waals surface area contributed by atoms with Crippen molar-refractivity contribution in [3.05, 3.63) is 23.5 Å². The Kier molecular flexibility index (Phi) is 1.96. The van der Waals surface area contributed by atoms with E-state index in [0.29, 0.717) is 0 Å². The van der Waals surface area contributed by atoms with Crippen LogP contribution in [0.25, 0.3) is 0 Å². The molecule has 0 unspecified atom stereocenters. The quantitative estimate of drug-likeness (QED) is 0.644. The van der Waals surface area contributed by atoms with Gasteiger partial charge in [-0.3, -0.25) is 0 Å². The van der Waals surface area contributed by atoms with Crippen LogP contribution in [0.15, 0.2) is 6.20 Å². The molecule has 0 aliphatic carbocycles. The first-order valence-corrected chi connectivity index (χ1v) is 2.81. The van der Waals surface area contributed by atoms with Crippen molar-refractivity contribution < 1.29 is 14.3 Å². The van der Waals surface area contributed by atoms with Gasteiger partial charge in [-0.15, -0.1) is 0 Å². The van der Waals surface area contributed by atoms with Gasteiger partial charge in [-0.25, -0.2) is 14.8 Å². The minimum atomic E-state index is -1.54. The molecule has 0 bridgehead atoms. The van der Waals surface area contributed by atoms with Gasteiger partial charge in [0.05, 0.1) is 6.20 Å². The highest BCUT2D eigenvalue weighted by atomic mass is 19.1. The Hall–Kier alpha value is -2.03. The normalized spacial score (nSPS) is 9.00. The fourth-order valence-corrected chi connectivity index (χ4v) is 0.564. The van der Waals surface area contributed by atoms with Crippen molar-refractivity contribution in [2.45, 2.75) is 0 Å². The van der Waals surface area contributed by atoms with Crippen LogP contribution < -0.4 is 0 Å². The molecule has 0 aliphatic heterocycles. The molecule has 0 saturated carbocycles. The molecule has 0 fully saturated rings. The fraction of sp³-hybridized carbons (Fsp3) is 0. The summed E-state index contributed by atoms with van der Waals surface area (Å²) in [6.07, 6.45) is 0.863. The van der Waals surface area contributed by atoms with Crippen LogP contribution >= 0.6 is 0 Å². The molecule has 0 aliphatic rings. The number of carbonyl (C=O) groups is 1. The number of nitrogens with zero attached hydrogens (tertiary/aromatic N) is 3. The van der Waals surface area contributed by atoms with Crippen molar-refractivity contribution in [3.63, 3.8) is 0 Å². The monoisotopic (exact) mass is 167 g/mol. The zero-order valence-corrected chi connectivity index (χ0v) is 5.65. The van der Waals surface area contributed by atoms with Crippen LogP contribution in [0.1, 0.15) is 16.2 Å². The van der Waals surface area contributed by atoms with E-state index in [-0.39, 0.29) is 5.69 Å². The third-order valence-corrected chi connectivity index (χ3v) is 1.04. The average molecular weight is 167 g/mol. The second kappa shape index (κ2) is 2.92. The van der Waals surface area contributed by atoms with Crippen molar-refractivity contribution in [1.82, 2.24) is 9.97 Å². The third kappa shape index (κ3) is 1.34. The van der Waals surface area contributed by atoms with E-state index < -0.39 is 17.6 Å². The number of hydrogen-bond donors (Lipinski definition) is 1. The summed E-state index contributed by atoms with van der Waals surface area (Å²) in [6, 6.07) is 1.55. The van der Waals surface area contributed by atoms with Gasteiger partial charge < -0.3 is 5.11 Å². The number of carboxylic acids is 1. The topological polar surface area (TPSA) is 86.9 Å². The van der Waals surface area contributed by atoms with Crippen LogP contribution in [0.3, 0.4) is 0 Å². The van der Waals surface area contributed by atoms with Crippen LogP contribution in [-0.2, 0) is 0 Å². The predicted molar refractivity (Wildman–Crippen MR) is 33.7 cm³/mol. The van der Waals surface area contributed by atoms with Gasteiger partial charge in [0.25, 0.3) is 0 Å². The van der Waals surface area contributed by atoms with Gasteiger partial charge in [0.1, 0.15) is 6.07 Å². The molecule has 6 heteroatoms. The van der Waals surface area contributed by atoms with Crippen molar-refractivity contribution in [1.29, 1.82) is 5.26 Å². The Morgan fingerprint density at radius 2 is 2.42 bits per heavy atom. The second-order valence-corrected chi connectivity index (χ2v) is 1.81. The highest BCUT2D eigenvalue weighted by Gasteiger charge is 2.13. The highest BCUT2D eigenvalue weighted by Crippen LogP contribution is 2.00. The van der Waals surface area contributed by atoms with Gasteiger partial charge in [0.2, 0.25) is 11.6 Å². The molecule has 5 nitrogen and oxygen atoms in total. The average Bonchev–Trinajstić information content (AvgIpc) is 2.05. The number of aromatic nitrogens is 2. The fourth-order valence-electron chi connectivity index (χ4n) is 0.564. The molecule has 1 aromatic rings.